The lowest BCUT2D eigenvalue weighted by Gasteiger charge is -2.29. The van der Waals surface area contributed by atoms with Crippen molar-refractivity contribution in [2.75, 3.05) is 16.2 Å². The molecule has 0 unspecified atom stereocenters. The molecule has 0 saturated carbocycles. The van der Waals surface area contributed by atoms with Crippen molar-refractivity contribution < 1.29 is 13.2 Å². The second kappa shape index (κ2) is 7.28. The van der Waals surface area contributed by atoms with Crippen LogP contribution in [0.15, 0.2) is 47.5 Å². The van der Waals surface area contributed by atoms with Gasteiger partial charge in [0, 0.05) is 18.4 Å². The van der Waals surface area contributed by atoms with Crippen molar-refractivity contribution >= 4 is 38.1 Å². The second-order valence-electron chi connectivity index (χ2n) is 6.30. The third-order valence-electron chi connectivity index (χ3n) is 4.36. The molecule has 3 aromatic rings. The monoisotopic (exact) mass is 415 g/mol. The number of fused-ring (bicyclic) bond motifs is 1. The molecule has 8 nitrogen and oxygen atoms in total. The molecular weight excluding hydrogens is 398 g/mol. The van der Waals surface area contributed by atoms with E-state index in [1.807, 2.05) is 0 Å². The summed E-state index contributed by atoms with van der Waals surface area (Å²) >= 11 is 1.17. The van der Waals surface area contributed by atoms with Crippen molar-refractivity contribution in [1.29, 1.82) is 0 Å². The molecule has 0 saturated heterocycles. The average Bonchev–Trinajstić information content (AvgIpc) is 3.11. The number of carbonyl (C=O) groups is 1. The van der Waals surface area contributed by atoms with Crippen LogP contribution in [0.25, 0.3) is 0 Å². The van der Waals surface area contributed by atoms with Crippen LogP contribution in [0, 0.1) is 6.92 Å². The van der Waals surface area contributed by atoms with Gasteiger partial charge in [0.05, 0.1) is 4.90 Å². The number of benzene rings is 1. The van der Waals surface area contributed by atoms with E-state index in [1.165, 1.54) is 17.4 Å². The Morgan fingerprint density at radius 1 is 1.21 bits per heavy atom. The van der Waals surface area contributed by atoms with Gasteiger partial charge in [-0.2, -0.15) is 0 Å². The maximum absolute atomic E-state index is 12.8. The van der Waals surface area contributed by atoms with E-state index in [1.54, 1.807) is 48.4 Å². The number of sulfonamides is 1. The number of hydrogen-bond acceptors (Lipinski definition) is 7. The number of aryl methyl sites for hydroxylation is 2. The fourth-order valence-corrected chi connectivity index (χ4v) is 4.96. The minimum atomic E-state index is -3.78. The second-order valence-corrected chi connectivity index (χ2v) is 9.16. The number of pyridine rings is 1. The normalized spacial score (nSPS) is 13.8. The van der Waals surface area contributed by atoms with Crippen LogP contribution in [0.1, 0.15) is 27.5 Å². The number of rotatable bonds is 4. The highest BCUT2D eigenvalue weighted by Crippen LogP contribution is 2.31. The Labute approximate surface area is 166 Å². The van der Waals surface area contributed by atoms with Gasteiger partial charge < -0.3 is 4.90 Å². The van der Waals surface area contributed by atoms with Gasteiger partial charge in [-0.05, 0) is 55.7 Å². The summed E-state index contributed by atoms with van der Waals surface area (Å²) in [5.74, 6) is -0.195. The average molecular weight is 416 g/mol. The van der Waals surface area contributed by atoms with E-state index in [4.69, 9.17) is 0 Å². The van der Waals surface area contributed by atoms with Gasteiger partial charge in [0.2, 0.25) is 5.13 Å². The molecule has 0 bridgehead atoms. The minimum Gasteiger partial charge on any atom is -0.307 e. The molecule has 4 rings (SSSR count). The summed E-state index contributed by atoms with van der Waals surface area (Å²) in [5, 5.41) is 8.51. The van der Waals surface area contributed by atoms with Crippen molar-refractivity contribution in [3.05, 3.63) is 58.9 Å². The highest BCUT2D eigenvalue weighted by atomic mass is 32.2. The van der Waals surface area contributed by atoms with Crippen LogP contribution in [-0.4, -0.2) is 36.1 Å². The summed E-state index contributed by atoms with van der Waals surface area (Å²) in [6, 6.07) is 9.98. The molecule has 1 N–H and O–H groups in total. The van der Waals surface area contributed by atoms with Crippen LogP contribution in [0.2, 0.25) is 0 Å². The van der Waals surface area contributed by atoms with E-state index in [0.717, 1.165) is 12.0 Å². The zero-order valence-electron chi connectivity index (χ0n) is 15.0. The Hall–Kier alpha value is -2.85. The van der Waals surface area contributed by atoms with Gasteiger partial charge >= 0.3 is 0 Å². The fourth-order valence-electron chi connectivity index (χ4n) is 3.09. The van der Waals surface area contributed by atoms with E-state index in [9.17, 15) is 13.2 Å². The van der Waals surface area contributed by atoms with Crippen LogP contribution in [0.5, 0.6) is 0 Å². The fraction of sp³-hybridized carbons (Fsp3) is 0.222. The van der Waals surface area contributed by atoms with Gasteiger partial charge in [-0.25, -0.2) is 8.42 Å². The topological polar surface area (TPSA) is 105 Å². The molecule has 0 radical (unpaired) electrons. The smallest absolute Gasteiger partial charge is 0.276 e. The van der Waals surface area contributed by atoms with Gasteiger partial charge in [0.1, 0.15) is 10.7 Å². The van der Waals surface area contributed by atoms with Gasteiger partial charge in [-0.3, -0.25) is 14.5 Å². The SMILES string of the molecule is Cc1nnc(NS(=O)(=O)c2ccc3c(c2)CCCN3C(=O)c2ccccn2)s1. The van der Waals surface area contributed by atoms with E-state index in [2.05, 4.69) is 19.9 Å². The maximum Gasteiger partial charge on any atom is 0.276 e. The van der Waals surface area contributed by atoms with Crippen molar-refractivity contribution in [2.24, 2.45) is 0 Å². The number of nitrogens with zero attached hydrogens (tertiary/aromatic N) is 4. The molecule has 1 aliphatic rings. The quantitative estimate of drug-likeness (QED) is 0.702. The lowest BCUT2D eigenvalue weighted by molar-refractivity contribution is 0.0980. The van der Waals surface area contributed by atoms with Crippen molar-refractivity contribution in [2.45, 2.75) is 24.7 Å². The summed E-state index contributed by atoms with van der Waals surface area (Å²) in [4.78, 5) is 18.7. The molecule has 1 aromatic carbocycles. The van der Waals surface area contributed by atoms with Gasteiger partial charge in [-0.1, -0.05) is 17.4 Å². The Kier molecular flexibility index (Phi) is 4.82. The molecule has 0 spiro atoms. The number of amides is 1. The number of carbonyl (C=O) groups excluding carboxylic acids is 1. The first-order chi connectivity index (χ1) is 13.4. The van der Waals surface area contributed by atoms with Crippen molar-refractivity contribution in [1.82, 2.24) is 15.2 Å². The Balaban J connectivity index is 1.64. The summed E-state index contributed by atoms with van der Waals surface area (Å²) in [6.45, 7) is 2.32. The van der Waals surface area contributed by atoms with Crippen LogP contribution in [0.4, 0.5) is 10.8 Å². The molecule has 0 fully saturated rings. The largest absolute Gasteiger partial charge is 0.307 e. The number of nitrogens with one attached hydrogen (secondary N) is 1. The molecule has 144 valence electrons. The molecule has 0 atom stereocenters. The first-order valence-corrected chi connectivity index (χ1v) is 10.9. The summed E-state index contributed by atoms with van der Waals surface area (Å²) < 4.78 is 27.8. The molecule has 1 aliphatic heterocycles. The molecule has 10 heteroatoms. The Morgan fingerprint density at radius 2 is 2.07 bits per heavy atom. The van der Waals surface area contributed by atoms with E-state index in [0.29, 0.717) is 29.4 Å². The Morgan fingerprint density at radius 3 is 2.79 bits per heavy atom. The number of aromatic nitrogens is 3. The predicted molar refractivity (Wildman–Crippen MR) is 106 cm³/mol. The lowest BCUT2D eigenvalue weighted by Crippen LogP contribution is -2.36. The molecular formula is C18H17N5O3S2. The third-order valence-corrected chi connectivity index (χ3v) is 6.58. The maximum atomic E-state index is 12.8. The summed E-state index contributed by atoms with van der Waals surface area (Å²) in [6.07, 6.45) is 3.02. The van der Waals surface area contributed by atoms with E-state index < -0.39 is 10.0 Å². The molecule has 3 heterocycles. The molecule has 0 aliphatic carbocycles. The van der Waals surface area contributed by atoms with Gasteiger partial charge in [-0.15, -0.1) is 10.2 Å². The van der Waals surface area contributed by atoms with Crippen LogP contribution < -0.4 is 9.62 Å². The van der Waals surface area contributed by atoms with Crippen LogP contribution in [-0.2, 0) is 16.4 Å². The summed E-state index contributed by atoms with van der Waals surface area (Å²) in [5.41, 5.74) is 1.89. The molecule has 1 amide bonds. The predicted octanol–water partition coefficient (Wildman–Crippen LogP) is 2.64. The zero-order valence-corrected chi connectivity index (χ0v) is 16.6. The van der Waals surface area contributed by atoms with Crippen molar-refractivity contribution in [3.8, 4) is 0 Å². The number of hydrogen-bond donors (Lipinski definition) is 1. The van der Waals surface area contributed by atoms with Crippen molar-refractivity contribution in [3.63, 3.8) is 0 Å². The van der Waals surface area contributed by atoms with Gasteiger partial charge in [0.25, 0.3) is 15.9 Å². The highest BCUT2D eigenvalue weighted by Gasteiger charge is 2.26. The van der Waals surface area contributed by atoms with Crippen LogP contribution in [0.3, 0.4) is 0 Å². The zero-order chi connectivity index (χ0) is 19.7. The lowest BCUT2D eigenvalue weighted by atomic mass is 10.0. The van der Waals surface area contributed by atoms with Gasteiger partial charge in [0.15, 0.2) is 0 Å². The first kappa shape index (κ1) is 18.5. The highest BCUT2D eigenvalue weighted by molar-refractivity contribution is 7.93. The first-order valence-electron chi connectivity index (χ1n) is 8.63. The standard InChI is InChI=1S/C18H17N5O3S2/c1-12-20-21-18(27-12)22-28(25,26)14-7-8-16-13(11-14)5-4-10-23(16)17(24)15-6-2-3-9-19-15/h2-3,6-9,11H,4-5,10H2,1H3,(H,21,22). The van der Waals surface area contributed by atoms with E-state index in [-0.39, 0.29) is 15.9 Å². The molecule has 28 heavy (non-hydrogen) atoms. The summed E-state index contributed by atoms with van der Waals surface area (Å²) in [7, 11) is -3.78. The Bertz CT molecular complexity index is 1130. The minimum absolute atomic E-state index is 0.131. The number of anilines is 2. The van der Waals surface area contributed by atoms with E-state index >= 15 is 0 Å². The molecule has 2 aromatic heterocycles. The third kappa shape index (κ3) is 3.60. The van der Waals surface area contributed by atoms with Crippen LogP contribution >= 0.6 is 11.3 Å².